The fourth-order valence-electron chi connectivity index (χ4n) is 1.16. The number of H-pyrrole nitrogens is 1. The van der Waals surface area contributed by atoms with Crippen LogP contribution in [-0.4, -0.2) is 22.3 Å². The fraction of sp³-hybridized carbons (Fsp3) is 0.500. The molecule has 0 aliphatic carbocycles. The minimum absolute atomic E-state index is 0.00958. The largest absolute Gasteiger partial charge is 0.480 e. The first-order valence-corrected chi connectivity index (χ1v) is 4.23. The Morgan fingerprint density at radius 1 is 1.71 bits per heavy atom. The number of aliphatic carboxylic acids is 1. The number of aromatic amines is 1. The molecule has 0 aliphatic heterocycles. The first-order valence-electron chi connectivity index (χ1n) is 4.23. The number of aryl methyl sites for hydroxylation is 1. The van der Waals surface area contributed by atoms with Crippen LogP contribution in [0, 0.1) is 0 Å². The highest BCUT2D eigenvalue weighted by atomic mass is 16.5. The molecular weight excluding hydrogens is 188 g/mol. The van der Waals surface area contributed by atoms with Gasteiger partial charge in [-0.1, -0.05) is 6.92 Å². The van der Waals surface area contributed by atoms with Crippen molar-refractivity contribution < 1.29 is 14.4 Å². The summed E-state index contributed by atoms with van der Waals surface area (Å²) in [5.41, 5.74) is 5.22. The molecule has 1 heterocycles. The second kappa shape index (κ2) is 4.10. The molecule has 0 spiro atoms. The Morgan fingerprint density at radius 2 is 2.36 bits per heavy atom. The summed E-state index contributed by atoms with van der Waals surface area (Å²) in [6.45, 7) is 1.81. The summed E-state index contributed by atoms with van der Waals surface area (Å²) in [6, 6.07) is -1.07. The fourth-order valence-corrected chi connectivity index (χ4v) is 1.16. The van der Waals surface area contributed by atoms with Gasteiger partial charge >= 0.3 is 5.97 Å². The minimum atomic E-state index is -1.13. The summed E-state index contributed by atoms with van der Waals surface area (Å²) in [6.07, 6.45) is 0.519. The van der Waals surface area contributed by atoms with Crippen LogP contribution in [-0.2, 0) is 17.6 Å². The van der Waals surface area contributed by atoms with Crippen LogP contribution in [0.25, 0.3) is 0 Å². The van der Waals surface area contributed by atoms with Gasteiger partial charge in [-0.05, 0) is 0 Å². The molecule has 0 fully saturated rings. The molecule has 0 aromatic carbocycles. The van der Waals surface area contributed by atoms with Crippen LogP contribution >= 0.6 is 0 Å². The average molecular weight is 200 g/mol. The van der Waals surface area contributed by atoms with Crippen LogP contribution in [0.1, 0.15) is 18.2 Å². The van der Waals surface area contributed by atoms with Gasteiger partial charge in [-0.3, -0.25) is 9.59 Å². The summed E-state index contributed by atoms with van der Waals surface area (Å²) >= 11 is 0. The molecule has 6 nitrogen and oxygen atoms in total. The van der Waals surface area contributed by atoms with Crippen LogP contribution in [0.2, 0.25) is 0 Å². The van der Waals surface area contributed by atoms with Crippen molar-refractivity contribution in [3.8, 4) is 0 Å². The maximum atomic E-state index is 11.2. The molecule has 0 amide bonds. The Balaban J connectivity index is 2.90. The molecule has 1 aromatic rings. The van der Waals surface area contributed by atoms with E-state index in [0.29, 0.717) is 17.7 Å². The van der Waals surface area contributed by atoms with E-state index in [-0.39, 0.29) is 6.42 Å². The van der Waals surface area contributed by atoms with Gasteiger partial charge in [0.25, 0.3) is 5.56 Å². The van der Waals surface area contributed by atoms with Gasteiger partial charge in [-0.25, -0.2) is 0 Å². The molecule has 1 aromatic heterocycles. The van der Waals surface area contributed by atoms with E-state index in [1.165, 1.54) is 0 Å². The standard InChI is InChI=1S/C8H12N2O4/c1-2-6-4(7(11)10-14-6)3-5(9)8(12)13/h5H,2-3,9H2,1H3,(H,10,11)(H,12,13)/t5-/m0/s1. The highest BCUT2D eigenvalue weighted by molar-refractivity contribution is 5.73. The second-order valence-electron chi connectivity index (χ2n) is 2.94. The second-order valence-corrected chi connectivity index (χ2v) is 2.94. The molecule has 14 heavy (non-hydrogen) atoms. The van der Waals surface area contributed by atoms with E-state index in [1.54, 1.807) is 0 Å². The summed E-state index contributed by atoms with van der Waals surface area (Å²) in [5.74, 6) is -0.667. The smallest absolute Gasteiger partial charge is 0.320 e. The topological polar surface area (TPSA) is 109 Å². The van der Waals surface area contributed by atoms with Crippen LogP contribution in [0.4, 0.5) is 0 Å². The maximum Gasteiger partial charge on any atom is 0.320 e. The van der Waals surface area contributed by atoms with Gasteiger partial charge in [-0.15, -0.1) is 0 Å². The van der Waals surface area contributed by atoms with E-state index in [4.69, 9.17) is 15.4 Å². The Labute approximate surface area is 79.7 Å². The number of carbonyl (C=O) groups is 1. The molecule has 0 saturated heterocycles. The maximum absolute atomic E-state index is 11.2. The molecule has 1 rings (SSSR count). The van der Waals surface area contributed by atoms with E-state index in [1.807, 2.05) is 6.92 Å². The third-order valence-electron chi connectivity index (χ3n) is 1.94. The van der Waals surface area contributed by atoms with E-state index < -0.39 is 17.6 Å². The lowest BCUT2D eigenvalue weighted by atomic mass is 10.1. The number of hydrogen-bond acceptors (Lipinski definition) is 4. The van der Waals surface area contributed by atoms with Crippen molar-refractivity contribution in [2.45, 2.75) is 25.8 Å². The van der Waals surface area contributed by atoms with E-state index in [9.17, 15) is 9.59 Å². The molecule has 0 bridgehead atoms. The van der Waals surface area contributed by atoms with E-state index in [0.717, 1.165) is 0 Å². The molecule has 6 heteroatoms. The SMILES string of the molecule is CCc1o[nH]c(=O)c1C[C@H](N)C(=O)O. The van der Waals surface area contributed by atoms with E-state index >= 15 is 0 Å². The number of carboxylic acids is 1. The lowest BCUT2D eigenvalue weighted by Gasteiger charge is -2.03. The van der Waals surface area contributed by atoms with Gasteiger partial charge < -0.3 is 15.4 Å². The summed E-state index contributed by atoms with van der Waals surface area (Å²) in [7, 11) is 0. The van der Waals surface area contributed by atoms with Crippen molar-refractivity contribution in [3.63, 3.8) is 0 Å². The van der Waals surface area contributed by atoms with Crippen molar-refractivity contribution in [1.29, 1.82) is 0 Å². The van der Waals surface area contributed by atoms with Crippen LogP contribution in [0.5, 0.6) is 0 Å². The molecule has 78 valence electrons. The van der Waals surface area contributed by atoms with Gasteiger partial charge in [-0.2, -0.15) is 5.16 Å². The molecule has 4 N–H and O–H groups in total. The molecule has 1 atom stereocenters. The van der Waals surface area contributed by atoms with Crippen molar-refractivity contribution in [2.24, 2.45) is 5.73 Å². The average Bonchev–Trinajstić information content (AvgIpc) is 2.47. The quantitative estimate of drug-likeness (QED) is 0.606. The molecular formula is C8H12N2O4. The Morgan fingerprint density at radius 3 is 2.86 bits per heavy atom. The zero-order chi connectivity index (χ0) is 10.7. The summed E-state index contributed by atoms with van der Waals surface area (Å²) < 4.78 is 4.84. The monoisotopic (exact) mass is 200 g/mol. The predicted octanol–water partition coefficient (Wildman–Crippen LogP) is -0.515. The molecule has 0 unspecified atom stereocenters. The van der Waals surface area contributed by atoms with Gasteiger partial charge in [0.1, 0.15) is 11.8 Å². The van der Waals surface area contributed by atoms with Crippen molar-refractivity contribution in [2.75, 3.05) is 0 Å². The number of nitrogens with two attached hydrogens (primary N) is 1. The number of carboxylic acid groups (broad SMARTS) is 1. The van der Waals surface area contributed by atoms with Gasteiger partial charge in [0.15, 0.2) is 0 Å². The number of aromatic nitrogens is 1. The van der Waals surface area contributed by atoms with Gasteiger partial charge in [0, 0.05) is 12.8 Å². The number of hydrogen-bond donors (Lipinski definition) is 3. The highest BCUT2D eigenvalue weighted by Gasteiger charge is 2.18. The van der Waals surface area contributed by atoms with Crippen LogP contribution in [0.3, 0.4) is 0 Å². The normalized spacial score (nSPS) is 12.7. The third-order valence-corrected chi connectivity index (χ3v) is 1.94. The zero-order valence-electron chi connectivity index (χ0n) is 7.74. The Hall–Kier alpha value is -1.56. The third kappa shape index (κ3) is 2.02. The van der Waals surface area contributed by atoms with Crippen molar-refractivity contribution >= 4 is 5.97 Å². The van der Waals surface area contributed by atoms with Crippen LogP contribution < -0.4 is 11.3 Å². The Bertz CT molecular complexity index is 379. The lowest BCUT2D eigenvalue weighted by molar-refractivity contribution is -0.138. The molecule has 0 aliphatic rings. The molecule has 0 radical (unpaired) electrons. The highest BCUT2D eigenvalue weighted by Crippen LogP contribution is 2.06. The van der Waals surface area contributed by atoms with Crippen molar-refractivity contribution in [1.82, 2.24) is 5.16 Å². The van der Waals surface area contributed by atoms with E-state index in [2.05, 4.69) is 5.16 Å². The number of nitrogens with one attached hydrogen (secondary N) is 1. The summed E-state index contributed by atoms with van der Waals surface area (Å²) in [5, 5.41) is 10.7. The minimum Gasteiger partial charge on any atom is -0.480 e. The van der Waals surface area contributed by atoms with Crippen LogP contribution in [0.15, 0.2) is 9.32 Å². The zero-order valence-corrected chi connectivity index (χ0v) is 7.74. The van der Waals surface area contributed by atoms with Gasteiger partial charge in [0.2, 0.25) is 0 Å². The predicted molar refractivity (Wildman–Crippen MR) is 48.0 cm³/mol. The summed E-state index contributed by atoms with van der Waals surface area (Å²) in [4.78, 5) is 21.6. The Kier molecular flexibility index (Phi) is 3.08. The number of rotatable bonds is 4. The lowest BCUT2D eigenvalue weighted by Crippen LogP contribution is -2.34. The van der Waals surface area contributed by atoms with Gasteiger partial charge in [0.05, 0.1) is 5.56 Å². The first-order chi connectivity index (χ1) is 6.56. The first kappa shape index (κ1) is 10.5. The van der Waals surface area contributed by atoms with Crippen molar-refractivity contribution in [3.05, 3.63) is 21.7 Å². The molecule has 0 saturated carbocycles.